The summed E-state index contributed by atoms with van der Waals surface area (Å²) in [7, 11) is -16.2. The van der Waals surface area contributed by atoms with E-state index >= 15 is 0 Å². The van der Waals surface area contributed by atoms with E-state index in [2.05, 4.69) is 16.0 Å². The number of phosphoric ester groups is 3. The summed E-state index contributed by atoms with van der Waals surface area (Å²) in [5.41, 5.74) is 5.50. The molecule has 10 N–H and O–H groups in total. The summed E-state index contributed by atoms with van der Waals surface area (Å²) in [5.74, 6) is 0. The van der Waals surface area contributed by atoms with Gasteiger partial charge in [-0.3, -0.25) is 18.1 Å². The maximum absolute atomic E-state index is 12.8. The molecule has 1 aliphatic carbocycles. The van der Waals surface area contributed by atoms with Crippen LogP contribution in [-0.4, -0.2) is 115 Å². The summed E-state index contributed by atoms with van der Waals surface area (Å²) < 4.78 is 65.7. The standard InChI is InChI=1S/C25H54NO17P3/c1-2-3-4-5-10-13-16-39-19(17-38-15-12-9-7-6-8-11-14-26)18-40-46(36,37)43-23-20(27)21(28)24(41-44(30,31)32)25(22(23)29)42-45(33,34)35/h19-25,27-29H,2-18,26H2,1H3,(H,36,37)(H2,30,31,32)(H2,33,34,35)/t19-,20-,21-,22+,23+,24+,25+/m1/s1. The lowest BCUT2D eigenvalue weighted by Gasteiger charge is -2.44. The molecular formula is C25H54NO17P3. The highest BCUT2D eigenvalue weighted by molar-refractivity contribution is 7.47. The lowest BCUT2D eigenvalue weighted by atomic mass is 9.85. The SMILES string of the molecule is CCCCCCCCO[C@H](COCCCCCCCCN)COP(=O)(O)O[C@H]1[C@H](O)[C@@H](O)[C@H](OP(=O)(O)O)[C@@H](OP(=O)(O)O)[C@H]1O. The molecule has 0 aromatic carbocycles. The third kappa shape index (κ3) is 19.3. The first kappa shape index (κ1) is 44.1. The van der Waals surface area contributed by atoms with E-state index in [4.69, 9.17) is 34.0 Å². The van der Waals surface area contributed by atoms with Gasteiger partial charge in [0.1, 0.15) is 42.7 Å². The van der Waals surface area contributed by atoms with Gasteiger partial charge >= 0.3 is 23.5 Å². The van der Waals surface area contributed by atoms with E-state index in [0.717, 1.165) is 77.0 Å². The van der Waals surface area contributed by atoms with E-state index in [0.29, 0.717) is 19.8 Å². The molecule has 18 nitrogen and oxygen atoms in total. The number of aliphatic hydroxyl groups is 3. The Labute approximate surface area is 270 Å². The third-order valence-corrected chi connectivity index (χ3v) is 9.14. The molecule has 0 amide bonds. The van der Waals surface area contributed by atoms with Crippen LogP contribution in [0.4, 0.5) is 0 Å². The second-order valence-electron chi connectivity index (χ2n) is 11.2. The zero-order valence-corrected chi connectivity index (χ0v) is 28.9. The molecule has 0 saturated heterocycles. The minimum absolute atomic E-state index is 0.00992. The van der Waals surface area contributed by atoms with Gasteiger partial charge in [-0.25, -0.2) is 13.7 Å². The van der Waals surface area contributed by atoms with Gasteiger partial charge in [0.15, 0.2) is 0 Å². The predicted octanol–water partition coefficient (Wildman–Crippen LogP) is 1.60. The Morgan fingerprint density at radius 2 is 1.09 bits per heavy atom. The molecule has 1 fully saturated rings. The summed E-state index contributed by atoms with van der Waals surface area (Å²) in [6, 6.07) is 0. The minimum Gasteiger partial charge on any atom is -0.387 e. The molecule has 0 radical (unpaired) electrons. The molecule has 276 valence electrons. The molecule has 21 heteroatoms. The van der Waals surface area contributed by atoms with Crippen LogP contribution in [0.1, 0.15) is 84.0 Å². The summed E-state index contributed by atoms with van der Waals surface area (Å²) in [4.78, 5) is 47.0. The van der Waals surface area contributed by atoms with Gasteiger partial charge in [-0.05, 0) is 25.8 Å². The van der Waals surface area contributed by atoms with Crippen LogP contribution < -0.4 is 5.73 Å². The van der Waals surface area contributed by atoms with Gasteiger partial charge in [0.2, 0.25) is 0 Å². The van der Waals surface area contributed by atoms with E-state index in [1.165, 1.54) is 0 Å². The molecule has 0 aromatic heterocycles. The highest BCUT2D eigenvalue weighted by atomic mass is 31.2. The van der Waals surface area contributed by atoms with Crippen molar-refractivity contribution in [2.75, 3.05) is 33.0 Å². The van der Waals surface area contributed by atoms with Crippen molar-refractivity contribution in [1.29, 1.82) is 0 Å². The van der Waals surface area contributed by atoms with E-state index in [1.807, 2.05) is 0 Å². The second kappa shape index (κ2) is 22.7. The largest absolute Gasteiger partial charge is 0.472 e. The van der Waals surface area contributed by atoms with E-state index < -0.39 is 72.8 Å². The number of hydrogen-bond acceptors (Lipinski definition) is 13. The zero-order valence-electron chi connectivity index (χ0n) is 26.2. The monoisotopic (exact) mass is 733 g/mol. The molecule has 1 saturated carbocycles. The van der Waals surface area contributed by atoms with Gasteiger partial charge in [0.25, 0.3) is 0 Å². The van der Waals surface area contributed by atoms with E-state index in [-0.39, 0.29) is 6.61 Å². The number of phosphoric acid groups is 3. The van der Waals surface area contributed by atoms with Gasteiger partial charge < -0.3 is 55.0 Å². The molecular weight excluding hydrogens is 679 g/mol. The lowest BCUT2D eigenvalue weighted by Crippen LogP contribution is -2.65. The molecule has 0 bridgehead atoms. The summed E-state index contributed by atoms with van der Waals surface area (Å²) in [5, 5.41) is 31.4. The lowest BCUT2D eigenvalue weighted by molar-refractivity contribution is -0.213. The van der Waals surface area contributed by atoms with Crippen LogP contribution in [0.15, 0.2) is 0 Å². The van der Waals surface area contributed by atoms with Crippen LogP contribution in [0.5, 0.6) is 0 Å². The van der Waals surface area contributed by atoms with Gasteiger partial charge in [0, 0.05) is 13.2 Å². The summed E-state index contributed by atoms with van der Waals surface area (Å²) >= 11 is 0. The predicted molar refractivity (Wildman–Crippen MR) is 163 cm³/mol. The number of nitrogens with two attached hydrogens (primary N) is 1. The van der Waals surface area contributed by atoms with Crippen LogP contribution in [0, 0.1) is 0 Å². The van der Waals surface area contributed by atoms with Crippen molar-refractivity contribution in [2.45, 2.75) is 127 Å². The number of aliphatic hydroxyl groups excluding tert-OH is 3. The number of unbranched alkanes of at least 4 members (excludes halogenated alkanes) is 10. The minimum atomic E-state index is -5.51. The number of rotatable bonds is 27. The van der Waals surface area contributed by atoms with Crippen LogP contribution in [0.25, 0.3) is 0 Å². The van der Waals surface area contributed by atoms with Gasteiger partial charge in [-0.15, -0.1) is 0 Å². The van der Waals surface area contributed by atoms with Crippen molar-refractivity contribution in [3.8, 4) is 0 Å². The van der Waals surface area contributed by atoms with Crippen molar-refractivity contribution >= 4 is 23.5 Å². The average molecular weight is 734 g/mol. The molecule has 1 rings (SSSR count). The Balaban J connectivity index is 2.83. The van der Waals surface area contributed by atoms with Gasteiger partial charge in [-0.1, -0.05) is 64.7 Å². The second-order valence-corrected chi connectivity index (χ2v) is 15.0. The maximum Gasteiger partial charge on any atom is 0.472 e. The summed E-state index contributed by atoms with van der Waals surface area (Å²) in [6.07, 6.45) is -3.22. The smallest absolute Gasteiger partial charge is 0.387 e. The van der Waals surface area contributed by atoms with Crippen LogP contribution >= 0.6 is 23.5 Å². The van der Waals surface area contributed by atoms with E-state index in [9.17, 15) is 43.7 Å². The Hall–Kier alpha value is 0.0900. The first-order valence-corrected chi connectivity index (χ1v) is 20.1. The first-order chi connectivity index (χ1) is 21.5. The van der Waals surface area contributed by atoms with Crippen LogP contribution in [0.3, 0.4) is 0 Å². The fourth-order valence-electron chi connectivity index (χ4n) is 4.76. The maximum atomic E-state index is 12.8. The fraction of sp³-hybridized carbons (Fsp3) is 1.00. The number of hydrogen-bond donors (Lipinski definition) is 9. The Kier molecular flexibility index (Phi) is 21.8. The molecule has 46 heavy (non-hydrogen) atoms. The number of ether oxygens (including phenoxy) is 2. The van der Waals surface area contributed by atoms with Crippen molar-refractivity contribution in [1.82, 2.24) is 0 Å². The van der Waals surface area contributed by atoms with Crippen molar-refractivity contribution in [3.05, 3.63) is 0 Å². The zero-order chi connectivity index (χ0) is 34.8. The highest BCUT2D eigenvalue weighted by Crippen LogP contribution is 2.51. The topological polar surface area (TPSA) is 294 Å². The fourth-order valence-corrected chi connectivity index (χ4v) is 6.86. The normalized spacial score (nSPS) is 26.2. The first-order valence-electron chi connectivity index (χ1n) is 15.6. The summed E-state index contributed by atoms with van der Waals surface area (Å²) in [6.45, 7) is 2.99. The highest BCUT2D eigenvalue weighted by Gasteiger charge is 2.56. The van der Waals surface area contributed by atoms with Crippen LogP contribution in [-0.2, 0) is 41.3 Å². The Morgan fingerprint density at radius 1 is 0.609 bits per heavy atom. The van der Waals surface area contributed by atoms with Gasteiger partial charge in [0.05, 0.1) is 13.2 Å². The Bertz CT molecular complexity index is 953. The van der Waals surface area contributed by atoms with Crippen LogP contribution in [0.2, 0.25) is 0 Å². The molecule has 8 atom stereocenters. The molecule has 1 unspecified atom stereocenters. The molecule has 0 aliphatic heterocycles. The van der Waals surface area contributed by atoms with Gasteiger partial charge in [-0.2, -0.15) is 0 Å². The quantitative estimate of drug-likeness (QED) is 0.0428. The van der Waals surface area contributed by atoms with Crippen molar-refractivity contribution < 1.29 is 81.1 Å². The molecule has 0 spiro atoms. The van der Waals surface area contributed by atoms with Crippen molar-refractivity contribution in [2.24, 2.45) is 5.73 Å². The van der Waals surface area contributed by atoms with Crippen molar-refractivity contribution in [3.63, 3.8) is 0 Å². The average Bonchev–Trinajstić information content (AvgIpc) is 2.96. The third-order valence-electron chi connectivity index (χ3n) is 7.11. The van der Waals surface area contributed by atoms with E-state index in [1.54, 1.807) is 0 Å². The molecule has 0 heterocycles. The molecule has 1 aliphatic rings. The Morgan fingerprint density at radius 3 is 1.63 bits per heavy atom. The molecule has 0 aromatic rings.